The Morgan fingerprint density at radius 1 is 1.41 bits per heavy atom. The van der Waals surface area contributed by atoms with Crippen LogP contribution in [-0.4, -0.2) is 22.9 Å². The van der Waals surface area contributed by atoms with E-state index >= 15 is 0 Å². The summed E-state index contributed by atoms with van der Waals surface area (Å²) in [5, 5.41) is 4.47. The molecule has 0 fully saturated rings. The number of aryl methyl sites for hydroxylation is 2. The van der Waals surface area contributed by atoms with Crippen LogP contribution in [0.2, 0.25) is 0 Å². The summed E-state index contributed by atoms with van der Waals surface area (Å²) in [6.07, 6.45) is 1.20. The normalized spacial score (nSPS) is 12.8. The van der Waals surface area contributed by atoms with Gasteiger partial charge in [-0.3, -0.25) is 4.68 Å². The predicted molar refractivity (Wildman–Crippen MR) is 74.8 cm³/mol. The van der Waals surface area contributed by atoms with Crippen LogP contribution in [-0.2, 0) is 12.9 Å². The number of nitrogens with zero attached hydrogens (tertiary/aromatic N) is 3. The zero-order valence-corrected chi connectivity index (χ0v) is 12.4. The number of anilines is 1. The highest BCUT2D eigenvalue weighted by molar-refractivity contribution is 6.17. The molecule has 1 atom stereocenters. The van der Waals surface area contributed by atoms with Crippen molar-refractivity contribution in [3.63, 3.8) is 0 Å². The second-order valence-corrected chi connectivity index (χ2v) is 4.96. The maximum Gasteiger partial charge on any atom is 0.131 e. The SMILES string of the molecule is CCC(C)CN(CC)c1c(CCl)c(C)nn1C. The lowest BCUT2D eigenvalue weighted by Crippen LogP contribution is -2.30. The second-order valence-electron chi connectivity index (χ2n) is 4.70. The monoisotopic (exact) mass is 257 g/mol. The van der Waals surface area contributed by atoms with Gasteiger partial charge in [0.05, 0.1) is 11.6 Å². The van der Waals surface area contributed by atoms with E-state index in [4.69, 9.17) is 11.6 Å². The summed E-state index contributed by atoms with van der Waals surface area (Å²) in [6, 6.07) is 0. The van der Waals surface area contributed by atoms with E-state index in [2.05, 4.69) is 30.8 Å². The van der Waals surface area contributed by atoms with Gasteiger partial charge in [-0.2, -0.15) is 5.10 Å². The Balaban J connectivity index is 3.02. The molecule has 98 valence electrons. The van der Waals surface area contributed by atoms with Gasteiger partial charge in [0, 0.05) is 25.7 Å². The van der Waals surface area contributed by atoms with Gasteiger partial charge in [-0.1, -0.05) is 20.3 Å². The fourth-order valence-electron chi connectivity index (χ4n) is 2.11. The minimum absolute atomic E-state index is 0.534. The first-order chi connectivity index (χ1) is 8.04. The molecule has 17 heavy (non-hydrogen) atoms. The maximum atomic E-state index is 6.04. The summed E-state index contributed by atoms with van der Waals surface area (Å²) in [7, 11) is 2.00. The van der Waals surface area contributed by atoms with Gasteiger partial charge in [0.2, 0.25) is 0 Å². The molecule has 4 heteroatoms. The number of rotatable bonds is 6. The zero-order valence-electron chi connectivity index (χ0n) is 11.6. The molecule has 0 N–H and O–H groups in total. The van der Waals surface area contributed by atoms with Crippen LogP contribution >= 0.6 is 11.6 Å². The Kier molecular flexibility index (Phi) is 5.31. The van der Waals surface area contributed by atoms with Gasteiger partial charge in [0.15, 0.2) is 0 Å². The lowest BCUT2D eigenvalue weighted by atomic mass is 10.1. The van der Waals surface area contributed by atoms with Crippen molar-refractivity contribution in [2.75, 3.05) is 18.0 Å². The molecule has 0 saturated heterocycles. The first kappa shape index (κ1) is 14.4. The summed E-state index contributed by atoms with van der Waals surface area (Å²) < 4.78 is 1.96. The zero-order chi connectivity index (χ0) is 13.0. The average molecular weight is 258 g/mol. The van der Waals surface area contributed by atoms with Crippen LogP contribution < -0.4 is 4.90 Å². The molecule has 0 amide bonds. The highest BCUT2D eigenvalue weighted by Crippen LogP contribution is 2.25. The molecule has 0 bridgehead atoms. The lowest BCUT2D eigenvalue weighted by Gasteiger charge is -2.27. The number of alkyl halides is 1. The summed E-state index contributed by atoms with van der Waals surface area (Å²) in [5.41, 5.74) is 2.21. The minimum atomic E-state index is 0.534. The van der Waals surface area contributed by atoms with Crippen molar-refractivity contribution >= 4 is 17.4 Å². The number of halogens is 1. The summed E-state index contributed by atoms with van der Waals surface area (Å²) in [4.78, 5) is 2.38. The van der Waals surface area contributed by atoms with E-state index < -0.39 is 0 Å². The van der Waals surface area contributed by atoms with Crippen LogP contribution in [0.4, 0.5) is 5.82 Å². The molecule has 0 aliphatic heterocycles. The molecule has 3 nitrogen and oxygen atoms in total. The van der Waals surface area contributed by atoms with Gasteiger partial charge in [-0.25, -0.2) is 0 Å². The molecule has 0 aliphatic rings. The molecule has 1 rings (SSSR count). The third-order valence-corrected chi connectivity index (χ3v) is 3.62. The molecule has 0 radical (unpaired) electrons. The minimum Gasteiger partial charge on any atom is -0.357 e. The smallest absolute Gasteiger partial charge is 0.131 e. The topological polar surface area (TPSA) is 21.1 Å². The van der Waals surface area contributed by atoms with Crippen molar-refractivity contribution in [2.24, 2.45) is 13.0 Å². The molecule has 0 aromatic carbocycles. The van der Waals surface area contributed by atoms with Gasteiger partial charge in [-0.15, -0.1) is 11.6 Å². The van der Waals surface area contributed by atoms with E-state index in [1.54, 1.807) is 0 Å². The maximum absolute atomic E-state index is 6.04. The predicted octanol–water partition coefficient (Wildman–Crippen LogP) is 3.34. The van der Waals surface area contributed by atoms with Gasteiger partial charge in [-0.05, 0) is 19.8 Å². The molecule has 1 aromatic rings. The van der Waals surface area contributed by atoms with Gasteiger partial charge in [0.1, 0.15) is 5.82 Å². The van der Waals surface area contributed by atoms with Crippen molar-refractivity contribution in [3.05, 3.63) is 11.3 Å². The highest BCUT2D eigenvalue weighted by atomic mass is 35.5. The quantitative estimate of drug-likeness (QED) is 0.729. The van der Waals surface area contributed by atoms with Crippen molar-refractivity contribution in [3.8, 4) is 0 Å². The van der Waals surface area contributed by atoms with Crippen molar-refractivity contribution < 1.29 is 0 Å². The van der Waals surface area contributed by atoms with E-state index in [0.717, 1.165) is 18.8 Å². The first-order valence-corrected chi connectivity index (χ1v) is 6.91. The van der Waals surface area contributed by atoms with Crippen molar-refractivity contribution in [2.45, 2.75) is 40.0 Å². The number of aromatic nitrogens is 2. The van der Waals surface area contributed by atoms with Gasteiger partial charge < -0.3 is 4.90 Å². The molecule has 0 spiro atoms. The fraction of sp³-hybridized carbons (Fsp3) is 0.769. The summed E-state index contributed by atoms with van der Waals surface area (Å²) in [6.45, 7) is 10.8. The standard InChI is InChI=1S/C13H24ClN3/c1-6-10(3)9-17(7-2)13-12(8-14)11(4)15-16(13)5/h10H,6-9H2,1-5H3. The molecule has 0 aliphatic carbocycles. The summed E-state index contributed by atoms with van der Waals surface area (Å²) in [5.74, 6) is 2.40. The molecule has 0 saturated carbocycles. The lowest BCUT2D eigenvalue weighted by molar-refractivity contribution is 0.538. The van der Waals surface area contributed by atoms with E-state index in [0.29, 0.717) is 11.8 Å². The van der Waals surface area contributed by atoms with Crippen LogP contribution in [0.1, 0.15) is 38.4 Å². The number of hydrogen-bond donors (Lipinski definition) is 0. The average Bonchev–Trinajstić information content (AvgIpc) is 2.60. The van der Waals surface area contributed by atoms with Crippen LogP contribution in [0, 0.1) is 12.8 Å². The Hall–Kier alpha value is -0.700. The molecule has 1 aromatic heterocycles. The summed E-state index contributed by atoms with van der Waals surface area (Å²) >= 11 is 6.04. The van der Waals surface area contributed by atoms with Crippen LogP contribution in [0.3, 0.4) is 0 Å². The third-order valence-electron chi connectivity index (χ3n) is 3.36. The van der Waals surface area contributed by atoms with E-state index in [-0.39, 0.29) is 0 Å². The Morgan fingerprint density at radius 3 is 2.53 bits per heavy atom. The Labute approximate surface area is 110 Å². The van der Waals surface area contributed by atoms with E-state index in [9.17, 15) is 0 Å². The largest absolute Gasteiger partial charge is 0.357 e. The van der Waals surface area contributed by atoms with Crippen LogP contribution in [0.25, 0.3) is 0 Å². The highest BCUT2D eigenvalue weighted by Gasteiger charge is 2.18. The molecule has 1 unspecified atom stereocenters. The van der Waals surface area contributed by atoms with Gasteiger partial charge >= 0.3 is 0 Å². The van der Waals surface area contributed by atoms with Crippen LogP contribution in [0.15, 0.2) is 0 Å². The molecule has 1 heterocycles. The van der Waals surface area contributed by atoms with Crippen LogP contribution in [0.5, 0.6) is 0 Å². The van der Waals surface area contributed by atoms with Crippen molar-refractivity contribution in [1.29, 1.82) is 0 Å². The van der Waals surface area contributed by atoms with E-state index in [1.165, 1.54) is 17.8 Å². The van der Waals surface area contributed by atoms with Gasteiger partial charge in [0.25, 0.3) is 0 Å². The fourth-order valence-corrected chi connectivity index (χ4v) is 2.43. The first-order valence-electron chi connectivity index (χ1n) is 6.38. The Morgan fingerprint density at radius 2 is 2.06 bits per heavy atom. The third kappa shape index (κ3) is 3.15. The van der Waals surface area contributed by atoms with Crippen molar-refractivity contribution in [1.82, 2.24) is 9.78 Å². The molecular weight excluding hydrogens is 234 g/mol. The Bertz CT molecular complexity index is 360. The number of hydrogen-bond acceptors (Lipinski definition) is 2. The van der Waals surface area contributed by atoms with E-state index in [1.807, 2.05) is 18.7 Å². The second kappa shape index (κ2) is 6.29. The molecular formula is C13H24ClN3.